The zero-order valence-electron chi connectivity index (χ0n) is 19.2. The van der Waals surface area contributed by atoms with Crippen LogP contribution in [-0.2, 0) is 13.1 Å². The smallest absolute Gasteiger partial charge is 0.341 e. The van der Waals surface area contributed by atoms with E-state index in [2.05, 4.69) is 9.88 Å². The maximum Gasteiger partial charge on any atom is 0.341 e. The quantitative estimate of drug-likeness (QED) is 0.455. The van der Waals surface area contributed by atoms with Crippen LogP contribution in [0.5, 0.6) is 5.75 Å². The van der Waals surface area contributed by atoms with Crippen molar-refractivity contribution in [1.82, 2.24) is 14.5 Å². The molecule has 0 saturated carbocycles. The second-order valence-electron chi connectivity index (χ2n) is 8.70. The van der Waals surface area contributed by atoms with Gasteiger partial charge in [0.2, 0.25) is 5.43 Å². The van der Waals surface area contributed by atoms with Crippen LogP contribution < -0.4 is 10.3 Å². The number of hydrogen-bond acceptors (Lipinski definition) is 6. The number of hydrogen-bond donors (Lipinski definition) is 2. The number of phenolic OH excluding ortho intramolecular Hbond substituents is 1. The summed E-state index contributed by atoms with van der Waals surface area (Å²) in [7, 11) is 0. The molecular weight excluding hydrogens is 451 g/mol. The number of carboxylic acid groups (broad SMARTS) is 1. The van der Waals surface area contributed by atoms with Gasteiger partial charge in [-0.3, -0.25) is 9.69 Å². The fraction of sp³-hybridized carbons (Fsp3) is 0.269. The highest BCUT2D eigenvalue weighted by Gasteiger charge is 2.23. The molecule has 9 heteroatoms. The first-order valence-electron chi connectivity index (χ1n) is 11.5. The van der Waals surface area contributed by atoms with Gasteiger partial charge in [-0.05, 0) is 31.2 Å². The third-order valence-corrected chi connectivity index (χ3v) is 6.58. The highest BCUT2D eigenvalue weighted by atomic mass is 19.1. The largest absolute Gasteiger partial charge is 0.506 e. The summed E-state index contributed by atoms with van der Waals surface area (Å²) >= 11 is 0. The number of para-hydroxylation sites is 1. The summed E-state index contributed by atoms with van der Waals surface area (Å²) in [5.41, 5.74) is 1.30. The Kier molecular flexibility index (Phi) is 5.86. The first-order valence-corrected chi connectivity index (χ1v) is 11.5. The number of phenols is 1. The van der Waals surface area contributed by atoms with Crippen LogP contribution in [0.25, 0.3) is 21.8 Å². The second-order valence-corrected chi connectivity index (χ2v) is 8.70. The standard InChI is InChI=1S/C26H25FN4O4/c1-2-30-15-19(26(34)35)25(33)18-12-20(27)22(13-21(18)30)31-10-8-29(9-11-31)14-17-7-6-16-4-3-5-23(32)24(16)28-17/h3-7,12-13,15,32H,2,8-11,14H2,1H3,(H,34,35). The van der Waals surface area contributed by atoms with Crippen molar-refractivity contribution in [2.24, 2.45) is 0 Å². The summed E-state index contributed by atoms with van der Waals surface area (Å²) in [5.74, 6) is -1.71. The fourth-order valence-corrected chi connectivity index (χ4v) is 4.69. The van der Waals surface area contributed by atoms with Crippen LogP contribution in [0.15, 0.2) is 53.5 Å². The Balaban J connectivity index is 1.36. The number of anilines is 1. The van der Waals surface area contributed by atoms with Crippen LogP contribution >= 0.6 is 0 Å². The summed E-state index contributed by atoms with van der Waals surface area (Å²) in [5, 5.41) is 20.4. The molecular formula is C26H25FN4O4. The monoisotopic (exact) mass is 476 g/mol. The summed E-state index contributed by atoms with van der Waals surface area (Å²) in [4.78, 5) is 32.8. The van der Waals surface area contributed by atoms with Gasteiger partial charge in [0.15, 0.2) is 0 Å². The number of piperazine rings is 1. The minimum Gasteiger partial charge on any atom is -0.506 e. The third kappa shape index (κ3) is 4.19. The molecule has 180 valence electrons. The SMILES string of the molecule is CCn1cc(C(=O)O)c(=O)c2cc(F)c(N3CCN(Cc4ccc5cccc(O)c5n4)CC3)cc21. The van der Waals surface area contributed by atoms with E-state index in [1.54, 1.807) is 22.8 Å². The van der Waals surface area contributed by atoms with Crippen LogP contribution in [0.2, 0.25) is 0 Å². The molecule has 0 spiro atoms. The second kappa shape index (κ2) is 8.99. The molecule has 1 aliphatic heterocycles. The molecule has 0 atom stereocenters. The highest BCUT2D eigenvalue weighted by molar-refractivity contribution is 5.93. The predicted octanol–water partition coefficient (Wildman–Crippen LogP) is 3.43. The van der Waals surface area contributed by atoms with Crippen LogP contribution in [0.1, 0.15) is 23.0 Å². The Morgan fingerprint density at radius 2 is 1.89 bits per heavy atom. The summed E-state index contributed by atoms with van der Waals surface area (Å²) in [6, 6.07) is 12.0. The molecule has 1 saturated heterocycles. The molecule has 1 aliphatic rings. The predicted molar refractivity (Wildman–Crippen MR) is 132 cm³/mol. The van der Waals surface area contributed by atoms with Gasteiger partial charge in [0.05, 0.1) is 16.9 Å². The Morgan fingerprint density at radius 3 is 2.60 bits per heavy atom. The molecule has 8 nitrogen and oxygen atoms in total. The Hall–Kier alpha value is -3.98. The number of rotatable bonds is 5. The molecule has 0 bridgehead atoms. The van der Waals surface area contributed by atoms with Crippen molar-refractivity contribution in [2.45, 2.75) is 20.0 Å². The Labute approximate surface area is 200 Å². The number of carboxylic acids is 1. The van der Waals surface area contributed by atoms with E-state index in [0.717, 1.165) is 17.1 Å². The molecule has 3 heterocycles. The number of fused-ring (bicyclic) bond motifs is 2. The van der Waals surface area contributed by atoms with E-state index in [0.29, 0.717) is 56.0 Å². The molecule has 1 fully saturated rings. The zero-order chi connectivity index (χ0) is 24.7. The molecule has 2 aromatic heterocycles. The van der Waals surface area contributed by atoms with Gasteiger partial charge in [-0.2, -0.15) is 0 Å². The first kappa shape index (κ1) is 22.8. The number of pyridine rings is 2. The van der Waals surface area contributed by atoms with Crippen molar-refractivity contribution in [3.8, 4) is 5.75 Å². The van der Waals surface area contributed by atoms with Gasteiger partial charge in [-0.25, -0.2) is 14.2 Å². The average molecular weight is 477 g/mol. The highest BCUT2D eigenvalue weighted by Crippen LogP contribution is 2.27. The van der Waals surface area contributed by atoms with Crippen molar-refractivity contribution in [3.05, 3.63) is 76.0 Å². The molecule has 2 aromatic carbocycles. The maximum atomic E-state index is 15.1. The van der Waals surface area contributed by atoms with Crippen LogP contribution in [0, 0.1) is 5.82 Å². The van der Waals surface area contributed by atoms with Gasteiger partial charge < -0.3 is 19.7 Å². The summed E-state index contributed by atoms with van der Waals surface area (Å²) in [6.45, 7) is 5.47. The lowest BCUT2D eigenvalue weighted by atomic mass is 10.1. The van der Waals surface area contributed by atoms with Gasteiger partial charge in [0, 0.05) is 56.2 Å². The lowest BCUT2D eigenvalue weighted by molar-refractivity contribution is 0.0695. The van der Waals surface area contributed by atoms with E-state index < -0.39 is 17.2 Å². The van der Waals surface area contributed by atoms with Crippen molar-refractivity contribution < 1.29 is 19.4 Å². The van der Waals surface area contributed by atoms with E-state index in [9.17, 15) is 19.8 Å². The maximum absolute atomic E-state index is 15.1. The van der Waals surface area contributed by atoms with Crippen LogP contribution in [0.4, 0.5) is 10.1 Å². The van der Waals surface area contributed by atoms with E-state index in [1.807, 2.05) is 30.0 Å². The molecule has 0 unspecified atom stereocenters. The number of aromatic hydroxyl groups is 1. The number of aromatic carboxylic acids is 1. The fourth-order valence-electron chi connectivity index (χ4n) is 4.69. The molecule has 0 amide bonds. The van der Waals surface area contributed by atoms with Gasteiger partial charge in [0.1, 0.15) is 22.6 Å². The number of benzene rings is 2. The third-order valence-electron chi connectivity index (χ3n) is 6.58. The average Bonchev–Trinajstić information content (AvgIpc) is 2.85. The van der Waals surface area contributed by atoms with Crippen molar-refractivity contribution >= 4 is 33.5 Å². The van der Waals surface area contributed by atoms with Crippen molar-refractivity contribution in [3.63, 3.8) is 0 Å². The number of halogens is 1. The Morgan fingerprint density at radius 1 is 1.11 bits per heavy atom. The minimum atomic E-state index is -1.32. The molecule has 5 rings (SSSR count). The van der Waals surface area contributed by atoms with Crippen LogP contribution in [0.3, 0.4) is 0 Å². The number of nitrogens with zero attached hydrogens (tertiary/aromatic N) is 4. The zero-order valence-corrected chi connectivity index (χ0v) is 19.2. The van der Waals surface area contributed by atoms with E-state index in [1.165, 1.54) is 6.20 Å². The van der Waals surface area contributed by atoms with Gasteiger partial charge in [0.25, 0.3) is 0 Å². The number of carbonyl (C=O) groups is 1. The molecule has 35 heavy (non-hydrogen) atoms. The van der Waals surface area contributed by atoms with Gasteiger partial charge in [-0.1, -0.05) is 18.2 Å². The summed E-state index contributed by atoms with van der Waals surface area (Å²) in [6.07, 6.45) is 1.32. The van der Waals surface area contributed by atoms with E-state index in [4.69, 9.17) is 0 Å². The topological polar surface area (TPSA) is 98.9 Å². The van der Waals surface area contributed by atoms with E-state index >= 15 is 4.39 Å². The lowest BCUT2D eigenvalue weighted by Gasteiger charge is -2.36. The summed E-state index contributed by atoms with van der Waals surface area (Å²) < 4.78 is 16.8. The van der Waals surface area contributed by atoms with Crippen molar-refractivity contribution in [1.29, 1.82) is 0 Å². The lowest BCUT2D eigenvalue weighted by Crippen LogP contribution is -2.46. The first-order chi connectivity index (χ1) is 16.9. The Bertz CT molecular complexity index is 1510. The molecule has 0 aliphatic carbocycles. The molecule has 0 radical (unpaired) electrons. The number of aryl methyl sites for hydroxylation is 1. The van der Waals surface area contributed by atoms with Crippen molar-refractivity contribution in [2.75, 3.05) is 31.1 Å². The molecule has 4 aromatic rings. The minimum absolute atomic E-state index is 0.0669. The van der Waals surface area contributed by atoms with Gasteiger partial charge in [-0.15, -0.1) is 0 Å². The van der Waals surface area contributed by atoms with E-state index in [-0.39, 0.29) is 16.7 Å². The normalized spacial score (nSPS) is 14.6. The molecule has 2 N–H and O–H groups in total. The number of aromatic nitrogens is 2. The van der Waals surface area contributed by atoms with Crippen LogP contribution in [-0.4, -0.2) is 56.8 Å². The van der Waals surface area contributed by atoms with Gasteiger partial charge >= 0.3 is 5.97 Å².